The van der Waals surface area contributed by atoms with Gasteiger partial charge >= 0.3 is 0 Å². The number of halogens is 1. The lowest BCUT2D eigenvalue weighted by Crippen LogP contribution is -2.40. The van der Waals surface area contributed by atoms with Gasteiger partial charge in [-0.25, -0.2) is 0 Å². The van der Waals surface area contributed by atoms with Crippen LogP contribution in [0.1, 0.15) is 22.5 Å². The van der Waals surface area contributed by atoms with Crippen LogP contribution in [-0.2, 0) is 4.79 Å². The second-order valence-corrected chi connectivity index (χ2v) is 7.04. The van der Waals surface area contributed by atoms with Crippen molar-refractivity contribution in [3.63, 3.8) is 0 Å². The third kappa shape index (κ3) is 4.27. The zero-order valence-corrected chi connectivity index (χ0v) is 14.4. The molecule has 0 bridgehead atoms. The minimum absolute atomic E-state index is 0.0757. The molecule has 1 aliphatic heterocycles. The van der Waals surface area contributed by atoms with E-state index in [0.717, 1.165) is 0 Å². The van der Waals surface area contributed by atoms with Crippen LogP contribution in [-0.4, -0.2) is 30.9 Å². The molecule has 1 aromatic carbocycles. The minimum Gasteiger partial charge on any atom is -0.486 e. The molecule has 0 unspecified atom stereocenters. The van der Waals surface area contributed by atoms with Crippen molar-refractivity contribution in [2.24, 2.45) is 0 Å². The van der Waals surface area contributed by atoms with Crippen molar-refractivity contribution in [2.45, 2.75) is 18.9 Å². The van der Waals surface area contributed by atoms with Crippen molar-refractivity contribution in [3.8, 4) is 11.5 Å². The summed E-state index contributed by atoms with van der Waals surface area (Å²) in [5, 5.41) is 2.78. The monoisotopic (exact) mass is 365 g/mol. The highest BCUT2D eigenvalue weighted by Gasteiger charge is 2.21. The summed E-state index contributed by atoms with van der Waals surface area (Å²) in [6, 6.07) is 10.8. The third-order valence-electron chi connectivity index (χ3n) is 3.52. The fraction of sp³-hybridized carbons (Fsp3) is 0.294. The number of ketones is 1. The standard InChI is InChI=1S/C17H16ClNO4S/c18-16-7-6-15(24-16)12(20)5-8-17(21)19-9-11-10-22-13-3-1-2-4-14(13)23-11/h1-4,6-7,11H,5,8-10H2,(H,19,21)/t11-/m1/s1. The maximum Gasteiger partial charge on any atom is 0.220 e. The van der Waals surface area contributed by atoms with Crippen molar-refractivity contribution >= 4 is 34.6 Å². The summed E-state index contributed by atoms with van der Waals surface area (Å²) in [5.74, 6) is 1.12. The molecule has 0 saturated carbocycles. The lowest BCUT2D eigenvalue weighted by atomic mass is 10.2. The minimum atomic E-state index is -0.240. The van der Waals surface area contributed by atoms with Crippen molar-refractivity contribution in [1.82, 2.24) is 5.32 Å². The molecular formula is C17H16ClNO4S. The molecule has 3 rings (SSSR count). The Labute approximate surface area is 148 Å². The fourth-order valence-corrected chi connectivity index (χ4v) is 3.30. The van der Waals surface area contributed by atoms with Gasteiger partial charge in [-0.1, -0.05) is 23.7 Å². The Morgan fingerprint density at radius 3 is 2.71 bits per heavy atom. The molecule has 0 fully saturated rings. The first kappa shape index (κ1) is 16.8. The second-order valence-electron chi connectivity index (χ2n) is 5.33. The van der Waals surface area contributed by atoms with Crippen molar-refractivity contribution < 1.29 is 19.1 Å². The van der Waals surface area contributed by atoms with Crippen LogP contribution in [0.2, 0.25) is 4.34 Å². The molecule has 0 spiro atoms. The molecule has 24 heavy (non-hydrogen) atoms. The Kier molecular flexibility index (Phi) is 5.37. The number of thiophene rings is 1. The summed E-state index contributed by atoms with van der Waals surface area (Å²) in [6.07, 6.45) is 0.0575. The van der Waals surface area contributed by atoms with E-state index in [1.165, 1.54) is 11.3 Å². The highest BCUT2D eigenvalue weighted by atomic mass is 35.5. The number of carbonyl (C=O) groups excluding carboxylic acids is 2. The van der Waals surface area contributed by atoms with Gasteiger partial charge in [-0.2, -0.15) is 0 Å². The summed E-state index contributed by atoms with van der Waals surface area (Å²) in [5.41, 5.74) is 0. The molecule has 7 heteroatoms. The predicted molar refractivity (Wildman–Crippen MR) is 92.3 cm³/mol. The van der Waals surface area contributed by atoms with Gasteiger partial charge in [0.1, 0.15) is 12.7 Å². The topological polar surface area (TPSA) is 64.6 Å². The van der Waals surface area contributed by atoms with Gasteiger partial charge < -0.3 is 14.8 Å². The average Bonchev–Trinajstić information content (AvgIpc) is 3.04. The number of carbonyl (C=O) groups is 2. The molecule has 1 N–H and O–H groups in total. The van der Waals surface area contributed by atoms with Crippen molar-refractivity contribution in [3.05, 3.63) is 45.6 Å². The van der Waals surface area contributed by atoms with E-state index in [-0.39, 0.29) is 30.6 Å². The summed E-state index contributed by atoms with van der Waals surface area (Å²) in [6.45, 7) is 0.718. The van der Waals surface area contributed by atoms with E-state index in [9.17, 15) is 9.59 Å². The number of hydrogen-bond donors (Lipinski definition) is 1. The SMILES string of the molecule is O=C(CCC(=O)c1ccc(Cl)s1)NC[C@@H]1COc2ccccc2O1. The number of hydrogen-bond acceptors (Lipinski definition) is 5. The summed E-state index contributed by atoms with van der Waals surface area (Å²) >= 11 is 7.02. The number of benzene rings is 1. The van der Waals surface area contributed by atoms with Crippen molar-refractivity contribution in [2.75, 3.05) is 13.2 Å². The van der Waals surface area contributed by atoms with Crippen LogP contribution in [0, 0.1) is 0 Å². The Bertz CT molecular complexity index is 746. The van der Waals surface area contributed by atoms with E-state index in [1.54, 1.807) is 12.1 Å². The Morgan fingerprint density at radius 2 is 1.96 bits per heavy atom. The molecule has 0 radical (unpaired) electrons. The number of para-hydroxylation sites is 2. The normalized spacial score (nSPS) is 15.8. The lowest BCUT2D eigenvalue weighted by Gasteiger charge is -2.26. The first-order chi connectivity index (χ1) is 11.6. The van der Waals surface area contributed by atoms with E-state index in [1.807, 2.05) is 24.3 Å². The van der Waals surface area contributed by atoms with E-state index in [2.05, 4.69) is 5.32 Å². The van der Waals surface area contributed by atoms with Gasteiger partial charge in [0.25, 0.3) is 0 Å². The highest BCUT2D eigenvalue weighted by molar-refractivity contribution is 7.18. The van der Waals surface area contributed by atoms with Gasteiger partial charge in [0.05, 0.1) is 15.8 Å². The van der Waals surface area contributed by atoms with Gasteiger partial charge in [-0.15, -0.1) is 11.3 Å². The molecule has 1 amide bonds. The number of amides is 1. The Hall–Kier alpha value is -2.05. The fourth-order valence-electron chi connectivity index (χ4n) is 2.29. The van der Waals surface area contributed by atoms with E-state index < -0.39 is 0 Å². The molecule has 126 valence electrons. The van der Waals surface area contributed by atoms with Crippen LogP contribution in [0.25, 0.3) is 0 Å². The average molecular weight is 366 g/mol. The number of nitrogens with one attached hydrogen (secondary N) is 1. The second kappa shape index (κ2) is 7.68. The predicted octanol–water partition coefficient (Wildman–Crippen LogP) is 3.32. The quantitative estimate of drug-likeness (QED) is 0.797. The molecular weight excluding hydrogens is 350 g/mol. The molecule has 1 aromatic heterocycles. The smallest absolute Gasteiger partial charge is 0.220 e. The molecule has 2 aromatic rings. The summed E-state index contributed by atoms with van der Waals surface area (Å²) in [7, 11) is 0. The number of Topliss-reactive ketones (excluding diaryl/α,β-unsaturated/α-hetero) is 1. The van der Waals surface area contributed by atoms with Crippen LogP contribution < -0.4 is 14.8 Å². The lowest BCUT2D eigenvalue weighted by molar-refractivity contribution is -0.121. The number of rotatable bonds is 6. The highest BCUT2D eigenvalue weighted by Crippen LogP contribution is 2.30. The van der Waals surface area contributed by atoms with E-state index >= 15 is 0 Å². The molecule has 0 saturated heterocycles. The maximum atomic E-state index is 11.9. The Morgan fingerprint density at radius 1 is 1.17 bits per heavy atom. The summed E-state index contributed by atoms with van der Waals surface area (Å²) in [4.78, 5) is 24.4. The Balaban J connectivity index is 1.41. The van der Waals surface area contributed by atoms with Crippen LogP contribution in [0.15, 0.2) is 36.4 Å². The van der Waals surface area contributed by atoms with Gasteiger partial charge in [0.2, 0.25) is 5.91 Å². The largest absolute Gasteiger partial charge is 0.486 e. The van der Waals surface area contributed by atoms with Gasteiger partial charge in [-0.3, -0.25) is 9.59 Å². The molecule has 1 aliphatic rings. The molecule has 2 heterocycles. The number of ether oxygens (including phenoxy) is 2. The zero-order chi connectivity index (χ0) is 16.9. The first-order valence-corrected chi connectivity index (χ1v) is 8.75. The van der Waals surface area contributed by atoms with E-state index in [4.69, 9.17) is 21.1 Å². The van der Waals surface area contributed by atoms with Crippen LogP contribution in [0.3, 0.4) is 0 Å². The van der Waals surface area contributed by atoms with Crippen molar-refractivity contribution in [1.29, 1.82) is 0 Å². The van der Waals surface area contributed by atoms with Crippen LogP contribution >= 0.6 is 22.9 Å². The van der Waals surface area contributed by atoms with E-state index in [0.29, 0.717) is 33.9 Å². The van der Waals surface area contributed by atoms with Gasteiger partial charge in [-0.05, 0) is 24.3 Å². The molecule has 0 aliphatic carbocycles. The summed E-state index contributed by atoms with van der Waals surface area (Å²) < 4.78 is 11.9. The number of fused-ring (bicyclic) bond motifs is 1. The molecule has 1 atom stereocenters. The maximum absolute atomic E-state index is 11.9. The third-order valence-corrected chi connectivity index (χ3v) is 4.79. The van der Waals surface area contributed by atoms with Crippen LogP contribution in [0.5, 0.6) is 11.5 Å². The molecule has 5 nitrogen and oxygen atoms in total. The zero-order valence-electron chi connectivity index (χ0n) is 12.8. The van der Waals surface area contributed by atoms with Gasteiger partial charge in [0, 0.05) is 12.8 Å². The van der Waals surface area contributed by atoms with Crippen LogP contribution in [0.4, 0.5) is 0 Å². The van der Waals surface area contributed by atoms with Gasteiger partial charge in [0.15, 0.2) is 17.3 Å². The first-order valence-electron chi connectivity index (χ1n) is 7.55.